The fraction of sp³-hybridized carbons (Fsp3) is 0.500. The van der Waals surface area contributed by atoms with Crippen molar-refractivity contribution in [3.63, 3.8) is 0 Å². The second-order valence-corrected chi connectivity index (χ2v) is 3.36. The highest BCUT2D eigenvalue weighted by Gasteiger charge is 2.28. The van der Waals surface area contributed by atoms with E-state index in [1.807, 2.05) is 0 Å². The monoisotopic (exact) mass is 214 g/mol. The van der Waals surface area contributed by atoms with Gasteiger partial charge in [0, 0.05) is 7.11 Å². The molecule has 0 amide bonds. The van der Waals surface area contributed by atoms with Crippen LogP contribution in [0.5, 0.6) is 0 Å². The van der Waals surface area contributed by atoms with Crippen molar-refractivity contribution >= 4 is 5.97 Å². The molecule has 1 aromatic heterocycles. The molecule has 1 rings (SSSR count). The SMILES string of the molecule is COCC(C)(O)c1ccc(C(=O)OC)o1. The van der Waals surface area contributed by atoms with Gasteiger partial charge >= 0.3 is 5.97 Å². The lowest BCUT2D eigenvalue weighted by Gasteiger charge is -2.18. The van der Waals surface area contributed by atoms with Crippen molar-refractivity contribution in [1.29, 1.82) is 0 Å². The van der Waals surface area contributed by atoms with Crippen LogP contribution in [0, 0.1) is 0 Å². The summed E-state index contributed by atoms with van der Waals surface area (Å²) in [5.74, 6) is -0.247. The van der Waals surface area contributed by atoms with Gasteiger partial charge in [-0.05, 0) is 19.1 Å². The molecule has 0 radical (unpaired) electrons. The van der Waals surface area contributed by atoms with E-state index in [9.17, 15) is 9.90 Å². The van der Waals surface area contributed by atoms with Crippen LogP contribution in [-0.2, 0) is 15.1 Å². The van der Waals surface area contributed by atoms with E-state index in [1.54, 1.807) is 0 Å². The van der Waals surface area contributed by atoms with Crippen LogP contribution in [0.2, 0.25) is 0 Å². The summed E-state index contributed by atoms with van der Waals surface area (Å²) in [6.45, 7) is 1.62. The van der Waals surface area contributed by atoms with Gasteiger partial charge in [0.15, 0.2) is 0 Å². The third-order valence-electron chi connectivity index (χ3n) is 1.95. The summed E-state index contributed by atoms with van der Waals surface area (Å²) in [6.07, 6.45) is 0. The summed E-state index contributed by atoms with van der Waals surface area (Å²) >= 11 is 0. The molecule has 0 fully saturated rings. The molecule has 0 aliphatic heterocycles. The lowest BCUT2D eigenvalue weighted by atomic mass is 10.1. The molecule has 5 nitrogen and oxygen atoms in total. The number of carbonyl (C=O) groups excluding carboxylic acids is 1. The van der Waals surface area contributed by atoms with Crippen LogP contribution in [-0.4, -0.2) is 31.9 Å². The van der Waals surface area contributed by atoms with Crippen LogP contribution in [0.3, 0.4) is 0 Å². The molecule has 0 bridgehead atoms. The Labute approximate surface area is 87.6 Å². The smallest absolute Gasteiger partial charge is 0.373 e. The molecule has 1 aromatic rings. The van der Waals surface area contributed by atoms with Gasteiger partial charge in [-0.1, -0.05) is 0 Å². The first-order valence-corrected chi connectivity index (χ1v) is 4.41. The van der Waals surface area contributed by atoms with Gasteiger partial charge in [-0.25, -0.2) is 4.79 Å². The standard InChI is InChI=1S/C10H14O5/c1-10(12,6-13-2)8-5-4-7(15-8)9(11)14-3/h4-5,12H,6H2,1-3H3. The van der Waals surface area contributed by atoms with Crippen molar-refractivity contribution in [3.8, 4) is 0 Å². The predicted octanol–water partition coefficient (Wildman–Crippen LogP) is 0.920. The molecule has 0 saturated carbocycles. The minimum Gasteiger partial charge on any atom is -0.463 e. The Morgan fingerprint density at radius 2 is 2.20 bits per heavy atom. The van der Waals surface area contributed by atoms with Crippen LogP contribution in [0.1, 0.15) is 23.2 Å². The van der Waals surface area contributed by atoms with E-state index in [1.165, 1.54) is 33.3 Å². The minimum absolute atomic E-state index is 0.0591. The summed E-state index contributed by atoms with van der Waals surface area (Å²) < 4.78 is 14.5. The molecule has 1 heterocycles. The van der Waals surface area contributed by atoms with Gasteiger partial charge in [-0.3, -0.25) is 0 Å². The molecule has 0 spiro atoms. The zero-order chi connectivity index (χ0) is 11.5. The van der Waals surface area contributed by atoms with Crippen LogP contribution < -0.4 is 0 Å². The Balaban J connectivity index is 2.88. The minimum atomic E-state index is -1.25. The largest absolute Gasteiger partial charge is 0.463 e. The topological polar surface area (TPSA) is 68.9 Å². The number of carbonyl (C=O) groups is 1. The van der Waals surface area contributed by atoms with Gasteiger partial charge in [0.05, 0.1) is 13.7 Å². The molecule has 5 heteroatoms. The van der Waals surface area contributed by atoms with Crippen LogP contribution >= 0.6 is 0 Å². The normalized spacial score (nSPS) is 14.7. The number of ether oxygens (including phenoxy) is 2. The van der Waals surface area contributed by atoms with E-state index in [0.29, 0.717) is 0 Å². The maximum Gasteiger partial charge on any atom is 0.373 e. The maximum atomic E-state index is 11.1. The van der Waals surface area contributed by atoms with E-state index in [-0.39, 0.29) is 18.1 Å². The lowest BCUT2D eigenvalue weighted by Crippen LogP contribution is -2.26. The molecule has 1 atom stereocenters. The predicted molar refractivity (Wildman–Crippen MR) is 51.5 cm³/mol. The van der Waals surface area contributed by atoms with Gasteiger partial charge in [0.25, 0.3) is 0 Å². The first kappa shape index (κ1) is 11.7. The molecule has 0 aliphatic carbocycles. The Morgan fingerprint density at radius 1 is 1.53 bits per heavy atom. The third-order valence-corrected chi connectivity index (χ3v) is 1.95. The van der Waals surface area contributed by atoms with Gasteiger partial charge in [-0.2, -0.15) is 0 Å². The highest BCUT2D eigenvalue weighted by molar-refractivity contribution is 5.86. The Kier molecular flexibility index (Phi) is 3.49. The van der Waals surface area contributed by atoms with Crippen molar-refractivity contribution in [2.45, 2.75) is 12.5 Å². The van der Waals surface area contributed by atoms with E-state index in [0.717, 1.165) is 0 Å². The zero-order valence-electron chi connectivity index (χ0n) is 8.94. The summed E-state index contributed by atoms with van der Waals surface area (Å²) in [4.78, 5) is 11.1. The van der Waals surface area contributed by atoms with Crippen molar-refractivity contribution < 1.29 is 23.8 Å². The zero-order valence-corrected chi connectivity index (χ0v) is 8.94. The fourth-order valence-corrected chi connectivity index (χ4v) is 1.19. The number of rotatable bonds is 4. The quantitative estimate of drug-likeness (QED) is 0.755. The second-order valence-electron chi connectivity index (χ2n) is 3.36. The molecular weight excluding hydrogens is 200 g/mol. The van der Waals surface area contributed by atoms with E-state index in [2.05, 4.69) is 4.74 Å². The average molecular weight is 214 g/mol. The summed E-state index contributed by atoms with van der Waals surface area (Å²) in [5, 5.41) is 9.88. The number of furan rings is 1. The van der Waals surface area contributed by atoms with Crippen LogP contribution in [0.25, 0.3) is 0 Å². The van der Waals surface area contributed by atoms with Crippen LogP contribution in [0.4, 0.5) is 0 Å². The first-order valence-electron chi connectivity index (χ1n) is 4.41. The Morgan fingerprint density at radius 3 is 2.73 bits per heavy atom. The molecule has 0 aromatic carbocycles. The van der Waals surface area contributed by atoms with E-state index < -0.39 is 11.6 Å². The molecule has 1 unspecified atom stereocenters. The molecular formula is C10H14O5. The number of hydrogen-bond acceptors (Lipinski definition) is 5. The lowest BCUT2D eigenvalue weighted by molar-refractivity contribution is -0.0365. The summed E-state index contributed by atoms with van der Waals surface area (Å²) in [6, 6.07) is 2.97. The van der Waals surface area contributed by atoms with Crippen molar-refractivity contribution in [2.75, 3.05) is 20.8 Å². The van der Waals surface area contributed by atoms with Crippen molar-refractivity contribution in [1.82, 2.24) is 0 Å². The molecule has 84 valence electrons. The van der Waals surface area contributed by atoms with Crippen LogP contribution in [0.15, 0.2) is 16.5 Å². The number of esters is 1. The number of aliphatic hydroxyl groups is 1. The third kappa shape index (κ3) is 2.57. The molecule has 0 saturated heterocycles. The van der Waals surface area contributed by atoms with Gasteiger partial charge in [0.2, 0.25) is 5.76 Å². The van der Waals surface area contributed by atoms with Crippen molar-refractivity contribution in [2.24, 2.45) is 0 Å². The fourth-order valence-electron chi connectivity index (χ4n) is 1.19. The van der Waals surface area contributed by atoms with E-state index >= 15 is 0 Å². The van der Waals surface area contributed by atoms with E-state index in [4.69, 9.17) is 9.15 Å². The molecule has 15 heavy (non-hydrogen) atoms. The first-order chi connectivity index (χ1) is 7.01. The van der Waals surface area contributed by atoms with Gasteiger partial charge < -0.3 is 19.0 Å². The Hall–Kier alpha value is -1.33. The van der Waals surface area contributed by atoms with Crippen molar-refractivity contribution in [3.05, 3.63) is 23.7 Å². The highest BCUT2D eigenvalue weighted by Crippen LogP contribution is 2.23. The molecule has 1 N–H and O–H groups in total. The highest BCUT2D eigenvalue weighted by atomic mass is 16.5. The Bertz CT molecular complexity index is 339. The summed E-state index contributed by atoms with van der Waals surface area (Å²) in [5.41, 5.74) is -1.25. The second kappa shape index (κ2) is 4.46. The average Bonchev–Trinajstić information content (AvgIpc) is 2.66. The summed E-state index contributed by atoms with van der Waals surface area (Å²) in [7, 11) is 2.73. The molecule has 0 aliphatic rings. The van der Waals surface area contributed by atoms with Gasteiger partial charge in [-0.15, -0.1) is 0 Å². The maximum absolute atomic E-state index is 11.1. The number of methoxy groups -OCH3 is 2. The van der Waals surface area contributed by atoms with Gasteiger partial charge in [0.1, 0.15) is 11.4 Å². The number of hydrogen-bond donors (Lipinski definition) is 1.